The summed E-state index contributed by atoms with van der Waals surface area (Å²) < 4.78 is 10.5. The highest BCUT2D eigenvalue weighted by atomic mass is 16.5. The van der Waals surface area contributed by atoms with Crippen molar-refractivity contribution in [1.82, 2.24) is 0 Å². The van der Waals surface area contributed by atoms with Crippen LogP contribution < -0.4 is 0 Å². The summed E-state index contributed by atoms with van der Waals surface area (Å²) in [7, 11) is 0. The number of aliphatic hydroxyl groups is 4. The molecule has 0 saturated carbocycles. The molecule has 1 heterocycles. The minimum absolute atomic E-state index is 0.176. The van der Waals surface area contributed by atoms with Crippen LogP contribution in [0.2, 0.25) is 0 Å². The Labute approximate surface area is 181 Å². The van der Waals surface area contributed by atoms with Crippen molar-refractivity contribution in [2.24, 2.45) is 0 Å². The molecule has 0 aliphatic carbocycles. The van der Waals surface area contributed by atoms with Gasteiger partial charge in [0.25, 0.3) is 0 Å². The van der Waals surface area contributed by atoms with E-state index < -0.39 is 30.4 Å². The van der Waals surface area contributed by atoms with E-state index in [4.69, 9.17) is 4.74 Å². The molecule has 1 aliphatic heterocycles. The summed E-state index contributed by atoms with van der Waals surface area (Å²) in [5.41, 5.74) is 0. The summed E-state index contributed by atoms with van der Waals surface area (Å²) in [6, 6.07) is 0. The third kappa shape index (κ3) is 11.6. The smallest absolute Gasteiger partial charge is 0.302 e. The van der Waals surface area contributed by atoms with Crippen molar-refractivity contribution in [1.29, 1.82) is 0 Å². The van der Waals surface area contributed by atoms with Gasteiger partial charge in [-0.25, -0.2) is 0 Å². The Morgan fingerprint density at radius 3 is 1.93 bits per heavy atom. The lowest BCUT2D eigenvalue weighted by Crippen LogP contribution is -2.34. The lowest BCUT2D eigenvalue weighted by molar-refractivity contribution is -0.146. The number of hydrogen-bond donors (Lipinski definition) is 4. The van der Waals surface area contributed by atoms with E-state index in [1.807, 2.05) is 0 Å². The molecule has 1 rings (SSSR count). The van der Waals surface area contributed by atoms with E-state index in [9.17, 15) is 25.2 Å². The SMILES string of the molecule is CCCCCCCCCC[C@@H](O)[C@H]1CC[C@@H]([C@H](O)CC[C@H](O)[C@H](O)COC(C)=O)O1. The van der Waals surface area contributed by atoms with Crippen molar-refractivity contribution in [2.75, 3.05) is 6.61 Å². The van der Waals surface area contributed by atoms with Gasteiger partial charge in [0.2, 0.25) is 0 Å². The fraction of sp³-hybridized carbons (Fsp3) is 0.957. The Bertz CT molecular complexity index is 445. The number of hydrogen-bond acceptors (Lipinski definition) is 7. The maximum atomic E-state index is 10.8. The number of aliphatic hydroxyl groups excluding tert-OH is 4. The Morgan fingerprint density at radius 2 is 1.37 bits per heavy atom. The van der Waals surface area contributed by atoms with E-state index in [-0.39, 0.29) is 31.7 Å². The van der Waals surface area contributed by atoms with Gasteiger partial charge >= 0.3 is 5.97 Å². The van der Waals surface area contributed by atoms with Gasteiger partial charge < -0.3 is 29.9 Å². The highest BCUT2D eigenvalue weighted by Crippen LogP contribution is 2.28. The Kier molecular flexibility index (Phi) is 14.5. The molecule has 0 unspecified atom stereocenters. The van der Waals surface area contributed by atoms with Gasteiger partial charge in [-0.15, -0.1) is 0 Å². The van der Waals surface area contributed by atoms with E-state index in [1.165, 1.54) is 45.4 Å². The first kappa shape index (κ1) is 27.3. The molecule has 1 aliphatic rings. The predicted octanol–water partition coefficient (Wildman–Crippen LogP) is 2.85. The summed E-state index contributed by atoms with van der Waals surface area (Å²) in [6.45, 7) is 3.19. The molecule has 30 heavy (non-hydrogen) atoms. The van der Waals surface area contributed by atoms with Crippen LogP contribution in [0.3, 0.4) is 0 Å². The summed E-state index contributed by atoms with van der Waals surface area (Å²) in [5.74, 6) is -0.516. The van der Waals surface area contributed by atoms with Crippen LogP contribution in [0.1, 0.15) is 97.3 Å². The fourth-order valence-corrected chi connectivity index (χ4v) is 3.96. The highest BCUT2D eigenvalue weighted by molar-refractivity contribution is 5.65. The molecule has 178 valence electrons. The second kappa shape index (κ2) is 16.0. The molecule has 0 bridgehead atoms. The summed E-state index contributed by atoms with van der Waals surface area (Å²) in [5, 5.41) is 40.4. The molecule has 0 aromatic heterocycles. The average Bonchev–Trinajstić information content (AvgIpc) is 3.22. The molecule has 1 fully saturated rings. The minimum Gasteiger partial charge on any atom is -0.463 e. The number of carbonyl (C=O) groups is 1. The zero-order chi connectivity index (χ0) is 22.4. The number of unbranched alkanes of at least 4 members (excludes halogenated alkanes) is 7. The van der Waals surface area contributed by atoms with Crippen LogP contribution in [-0.4, -0.2) is 69.6 Å². The Balaban J connectivity index is 2.15. The first-order valence-corrected chi connectivity index (χ1v) is 11.9. The zero-order valence-electron chi connectivity index (χ0n) is 18.9. The molecule has 1 saturated heterocycles. The van der Waals surface area contributed by atoms with E-state index in [2.05, 4.69) is 11.7 Å². The van der Waals surface area contributed by atoms with Crippen LogP contribution in [0.25, 0.3) is 0 Å². The van der Waals surface area contributed by atoms with Crippen molar-refractivity contribution in [3.05, 3.63) is 0 Å². The van der Waals surface area contributed by atoms with Gasteiger partial charge in [0.15, 0.2) is 0 Å². The largest absolute Gasteiger partial charge is 0.463 e. The van der Waals surface area contributed by atoms with Crippen molar-refractivity contribution in [3.63, 3.8) is 0 Å². The van der Waals surface area contributed by atoms with E-state index in [0.717, 1.165) is 25.7 Å². The third-order valence-corrected chi connectivity index (χ3v) is 5.96. The molecule has 0 radical (unpaired) electrons. The quantitative estimate of drug-likeness (QED) is 0.206. The van der Waals surface area contributed by atoms with Crippen LogP contribution >= 0.6 is 0 Å². The molecule has 0 spiro atoms. The Morgan fingerprint density at radius 1 is 0.833 bits per heavy atom. The lowest BCUT2D eigenvalue weighted by Gasteiger charge is -2.23. The van der Waals surface area contributed by atoms with Gasteiger partial charge in [0, 0.05) is 6.92 Å². The number of carbonyl (C=O) groups excluding carboxylic acids is 1. The molecule has 0 amide bonds. The highest BCUT2D eigenvalue weighted by Gasteiger charge is 2.34. The molecule has 7 nitrogen and oxygen atoms in total. The molecule has 4 N–H and O–H groups in total. The van der Waals surface area contributed by atoms with Gasteiger partial charge in [0.05, 0.1) is 30.5 Å². The van der Waals surface area contributed by atoms with Gasteiger partial charge in [-0.2, -0.15) is 0 Å². The van der Waals surface area contributed by atoms with Crippen molar-refractivity contribution < 1.29 is 34.7 Å². The van der Waals surface area contributed by atoms with Crippen LogP contribution in [0.4, 0.5) is 0 Å². The molecular weight excluding hydrogens is 388 g/mol. The first-order chi connectivity index (χ1) is 14.3. The van der Waals surface area contributed by atoms with Gasteiger partial charge in [-0.05, 0) is 32.1 Å². The van der Waals surface area contributed by atoms with Crippen LogP contribution in [0.15, 0.2) is 0 Å². The maximum absolute atomic E-state index is 10.8. The zero-order valence-corrected chi connectivity index (χ0v) is 18.9. The predicted molar refractivity (Wildman–Crippen MR) is 115 cm³/mol. The number of esters is 1. The monoisotopic (exact) mass is 432 g/mol. The minimum atomic E-state index is -1.17. The maximum Gasteiger partial charge on any atom is 0.302 e. The first-order valence-electron chi connectivity index (χ1n) is 11.9. The standard InChI is InChI=1S/C23H44O7/c1-3-4-5-6-7-8-9-10-11-19(26)22-14-15-23(30-22)20(27)13-12-18(25)21(28)16-29-17(2)24/h18-23,25-28H,3-16H2,1-2H3/t18-,19+,20+,21+,22+,23-/m0/s1. The second-order valence-electron chi connectivity index (χ2n) is 8.70. The Hall–Kier alpha value is -0.730. The molecule has 6 atom stereocenters. The van der Waals surface area contributed by atoms with E-state index in [0.29, 0.717) is 6.42 Å². The summed E-state index contributed by atoms with van der Waals surface area (Å²) in [4.78, 5) is 10.8. The third-order valence-electron chi connectivity index (χ3n) is 5.96. The van der Waals surface area contributed by atoms with Crippen molar-refractivity contribution >= 4 is 5.97 Å². The van der Waals surface area contributed by atoms with Crippen molar-refractivity contribution in [2.45, 2.75) is 134 Å². The van der Waals surface area contributed by atoms with Crippen LogP contribution in [-0.2, 0) is 14.3 Å². The topological polar surface area (TPSA) is 116 Å². The second-order valence-corrected chi connectivity index (χ2v) is 8.70. The summed E-state index contributed by atoms with van der Waals surface area (Å²) >= 11 is 0. The molecule has 0 aromatic carbocycles. The average molecular weight is 433 g/mol. The van der Waals surface area contributed by atoms with E-state index >= 15 is 0 Å². The van der Waals surface area contributed by atoms with Gasteiger partial charge in [0.1, 0.15) is 12.7 Å². The van der Waals surface area contributed by atoms with Crippen LogP contribution in [0, 0.1) is 0 Å². The number of rotatable bonds is 17. The van der Waals surface area contributed by atoms with Gasteiger partial charge in [-0.3, -0.25) is 4.79 Å². The molecular formula is C23H44O7. The molecule has 7 heteroatoms. The summed E-state index contributed by atoms with van der Waals surface area (Å²) in [6.07, 6.45) is 8.26. The van der Waals surface area contributed by atoms with E-state index in [1.54, 1.807) is 0 Å². The van der Waals surface area contributed by atoms with Crippen molar-refractivity contribution in [3.8, 4) is 0 Å². The fourth-order valence-electron chi connectivity index (χ4n) is 3.96. The number of ether oxygens (including phenoxy) is 2. The lowest BCUT2D eigenvalue weighted by atomic mass is 9.99. The van der Waals surface area contributed by atoms with Crippen LogP contribution in [0.5, 0.6) is 0 Å². The normalized spacial score (nSPS) is 23.1. The van der Waals surface area contributed by atoms with Gasteiger partial charge in [-0.1, -0.05) is 58.3 Å². The molecule has 0 aromatic rings.